The van der Waals surface area contributed by atoms with Crippen LogP contribution in [0.3, 0.4) is 0 Å². The Morgan fingerprint density at radius 2 is 2.33 bits per heavy atom. The van der Waals surface area contributed by atoms with Gasteiger partial charge in [0.2, 0.25) is 5.95 Å². The Hall–Kier alpha value is -0.680. The van der Waals surface area contributed by atoms with Gasteiger partial charge in [-0.2, -0.15) is 4.39 Å². The number of aromatic nitrogens is 1. The van der Waals surface area contributed by atoms with Crippen molar-refractivity contribution in [2.75, 3.05) is 0 Å². The molecule has 0 aromatic carbocycles. The maximum Gasteiger partial charge on any atom is 0.337 e. The van der Waals surface area contributed by atoms with Crippen molar-refractivity contribution in [1.29, 1.82) is 0 Å². The zero-order valence-corrected chi connectivity index (χ0v) is 7.86. The first-order valence-corrected chi connectivity index (χ1v) is 3.94. The predicted molar refractivity (Wildman–Crippen MR) is 43.9 cm³/mol. The highest BCUT2D eigenvalue weighted by molar-refractivity contribution is 9.10. The first-order valence-electron chi connectivity index (χ1n) is 2.77. The lowest BCUT2D eigenvalue weighted by atomic mass is 10.3. The Labute approximate surface area is 80.3 Å². The minimum Gasteiger partial charge on any atom is -0.478 e. The van der Waals surface area contributed by atoms with Crippen molar-refractivity contribution in [2.24, 2.45) is 0 Å². The molecule has 0 amide bonds. The minimum atomic E-state index is -1.29. The van der Waals surface area contributed by atoms with Crippen molar-refractivity contribution in [3.8, 4) is 0 Å². The van der Waals surface area contributed by atoms with E-state index in [-0.39, 0.29) is 10.2 Å². The molecule has 12 heavy (non-hydrogen) atoms. The van der Waals surface area contributed by atoms with Crippen LogP contribution in [0.1, 0.15) is 10.4 Å². The highest BCUT2D eigenvalue weighted by Crippen LogP contribution is 2.21. The number of carboxylic acids is 1. The van der Waals surface area contributed by atoms with Crippen molar-refractivity contribution < 1.29 is 14.3 Å². The van der Waals surface area contributed by atoms with E-state index in [2.05, 4.69) is 20.9 Å². The van der Waals surface area contributed by atoms with Gasteiger partial charge in [0.25, 0.3) is 0 Å². The van der Waals surface area contributed by atoms with Crippen LogP contribution in [0.4, 0.5) is 4.39 Å². The molecule has 3 nitrogen and oxygen atoms in total. The van der Waals surface area contributed by atoms with E-state index < -0.39 is 16.9 Å². The summed E-state index contributed by atoms with van der Waals surface area (Å²) in [5.41, 5.74) is -0.309. The quantitative estimate of drug-likeness (QED) is 0.783. The molecule has 1 N–H and O–H groups in total. The van der Waals surface area contributed by atoms with Crippen LogP contribution in [0, 0.1) is 5.95 Å². The molecule has 0 spiro atoms. The molecule has 0 bridgehead atoms. The third-order valence-corrected chi connectivity index (χ3v) is 1.88. The lowest BCUT2D eigenvalue weighted by molar-refractivity contribution is 0.0696. The standard InChI is InChI=1S/C6H2BrClFNO2/c7-3-1-2(6(11)12)4(8)5(9)10-3/h1H,(H,11,12). The fraction of sp³-hybridized carbons (Fsp3) is 0. The van der Waals surface area contributed by atoms with E-state index >= 15 is 0 Å². The highest BCUT2D eigenvalue weighted by Gasteiger charge is 2.14. The van der Waals surface area contributed by atoms with E-state index in [0.717, 1.165) is 6.07 Å². The molecule has 0 aliphatic rings. The van der Waals surface area contributed by atoms with Gasteiger partial charge in [-0.3, -0.25) is 0 Å². The van der Waals surface area contributed by atoms with Gasteiger partial charge in [0.05, 0.1) is 5.56 Å². The maximum atomic E-state index is 12.7. The molecule has 0 aliphatic carbocycles. The normalized spacial score (nSPS) is 9.92. The van der Waals surface area contributed by atoms with Crippen molar-refractivity contribution in [2.45, 2.75) is 0 Å². The SMILES string of the molecule is O=C(O)c1cc(Br)nc(F)c1Cl. The largest absolute Gasteiger partial charge is 0.478 e. The number of nitrogens with zero attached hydrogens (tertiary/aromatic N) is 1. The predicted octanol–water partition coefficient (Wildman–Crippen LogP) is 2.33. The van der Waals surface area contributed by atoms with Crippen LogP contribution in [-0.2, 0) is 0 Å². The van der Waals surface area contributed by atoms with E-state index in [1.165, 1.54) is 0 Å². The van der Waals surface area contributed by atoms with Crippen LogP contribution in [-0.4, -0.2) is 16.1 Å². The van der Waals surface area contributed by atoms with Gasteiger partial charge < -0.3 is 5.11 Å². The van der Waals surface area contributed by atoms with Gasteiger partial charge >= 0.3 is 5.97 Å². The molecule has 0 atom stereocenters. The molecule has 0 saturated heterocycles. The molecule has 1 rings (SSSR count). The fourth-order valence-corrected chi connectivity index (χ4v) is 1.19. The first kappa shape index (κ1) is 9.41. The first-order chi connectivity index (χ1) is 5.52. The highest BCUT2D eigenvalue weighted by atomic mass is 79.9. The number of carbonyl (C=O) groups is 1. The number of carboxylic acid groups (broad SMARTS) is 1. The number of aromatic carboxylic acids is 1. The molecule has 6 heteroatoms. The molecule has 0 unspecified atom stereocenters. The molecule has 0 fully saturated rings. The summed E-state index contributed by atoms with van der Waals surface area (Å²) in [6, 6.07) is 1.13. The summed E-state index contributed by atoms with van der Waals surface area (Å²) in [5.74, 6) is -2.29. The Bertz CT molecular complexity index is 345. The summed E-state index contributed by atoms with van der Waals surface area (Å²) in [7, 11) is 0. The van der Waals surface area contributed by atoms with Crippen molar-refractivity contribution in [3.05, 3.63) is 27.2 Å². The van der Waals surface area contributed by atoms with E-state index in [4.69, 9.17) is 16.7 Å². The lowest BCUT2D eigenvalue weighted by Gasteiger charge is -1.99. The molecule has 0 saturated carbocycles. The average molecular weight is 254 g/mol. The second-order valence-electron chi connectivity index (χ2n) is 1.90. The Balaban J connectivity index is 3.37. The maximum absolute atomic E-state index is 12.7. The lowest BCUT2D eigenvalue weighted by Crippen LogP contribution is -2.01. The number of hydrogen-bond donors (Lipinski definition) is 1. The molecule has 0 radical (unpaired) electrons. The summed E-state index contributed by atoms with van der Waals surface area (Å²) in [6.07, 6.45) is 0. The van der Waals surface area contributed by atoms with Crippen molar-refractivity contribution in [1.82, 2.24) is 4.98 Å². The number of halogens is 3. The van der Waals surface area contributed by atoms with Gasteiger partial charge in [-0.1, -0.05) is 11.6 Å². The van der Waals surface area contributed by atoms with Gasteiger partial charge in [-0.05, 0) is 22.0 Å². The van der Waals surface area contributed by atoms with E-state index in [1.807, 2.05) is 0 Å². The van der Waals surface area contributed by atoms with Gasteiger partial charge in [0, 0.05) is 0 Å². The molecule has 1 heterocycles. The van der Waals surface area contributed by atoms with Gasteiger partial charge in [-0.15, -0.1) is 0 Å². The number of rotatable bonds is 1. The van der Waals surface area contributed by atoms with Crippen LogP contribution >= 0.6 is 27.5 Å². The van der Waals surface area contributed by atoms with Crippen LogP contribution in [0.5, 0.6) is 0 Å². The third-order valence-electron chi connectivity index (χ3n) is 1.12. The second kappa shape index (κ2) is 3.37. The fourth-order valence-electron chi connectivity index (χ4n) is 0.624. The molecule has 0 aliphatic heterocycles. The summed E-state index contributed by atoms with van der Waals surface area (Å²) < 4.78 is 12.8. The topological polar surface area (TPSA) is 50.2 Å². The molecular formula is C6H2BrClFNO2. The summed E-state index contributed by atoms with van der Waals surface area (Å²) >= 11 is 8.16. The van der Waals surface area contributed by atoms with Gasteiger partial charge in [-0.25, -0.2) is 9.78 Å². The minimum absolute atomic E-state index is 0.0989. The monoisotopic (exact) mass is 253 g/mol. The zero-order chi connectivity index (χ0) is 9.30. The Kier molecular flexibility index (Phi) is 2.64. The van der Waals surface area contributed by atoms with Gasteiger partial charge in [0.15, 0.2) is 0 Å². The van der Waals surface area contributed by atoms with Crippen LogP contribution in [0.25, 0.3) is 0 Å². The van der Waals surface area contributed by atoms with E-state index in [0.29, 0.717) is 0 Å². The molecule has 1 aromatic heterocycles. The Morgan fingerprint density at radius 3 is 2.83 bits per heavy atom. The van der Waals surface area contributed by atoms with Crippen molar-refractivity contribution in [3.63, 3.8) is 0 Å². The molecule has 64 valence electrons. The second-order valence-corrected chi connectivity index (χ2v) is 3.09. The summed E-state index contributed by atoms with van der Waals surface area (Å²) in [5, 5.41) is 8.03. The van der Waals surface area contributed by atoms with Crippen molar-refractivity contribution >= 4 is 33.5 Å². The van der Waals surface area contributed by atoms with Crippen LogP contribution in [0.15, 0.2) is 10.7 Å². The smallest absolute Gasteiger partial charge is 0.337 e. The number of pyridine rings is 1. The van der Waals surface area contributed by atoms with E-state index in [1.54, 1.807) is 0 Å². The molecule has 1 aromatic rings. The summed E-state index contributed by atoms with van der Waals surface area (Å²) in [4.78, 5) is 13.7. The molecular weight excluding hydrogens is 252 g/mol. The Morgan fingerprint density at radius 1 is 1.75 bits per heavy atom. The summed E-state index contributed by atoms with van der Waals surface area (Å²) in [6.45, 7) is 0. The van der Waals surface area contributed by atoms with Crippen LogP contribution in [0.2, 0.25) is 5.02 Å². The van der Waals surface area contributed by atoms with Gasteiger partial charge in [0.1, 0.15) is 9.63 Å². The van der Waals surface area contributed by atoms with E-state index in [9.17, 15) is 9.18 Å². The van der Waals surface area contributed by atoms with Crippen LogP contribution < -0.4 is 0 Å². The third kappa shape index (κ3) is 1.73. The average Bonchev–Trinajstić information content (AvgIpc) is 1.96. The zero-order valence-electron chi connectivity index (χ0n) is 5.51. The number of hydrogen-bond acceptors (Lipinski definition) is 2.